The average Bonchev–Trinajstić information content (AvgIpc) is 3.34. The molecule has 1 aliphatic heterocycles. The van der Waals surface area contributed by atoms with Crippen LogP contribution in [0.5, 0.6) is 0 Å². The van der Waals surface area contributed by atoms with Gasteiger partial charge in [0.15, 0.2) is 5.82 Å². The van der Waals surface area contributed by atoms with Crippen LogP contribution in [0.15, 0.2) is 31.0 Å². The van der Waals surface area contributed by atoms with Crippen LogP contribution in [0.25, 0.3) is 5.82 Å². The summed E-state index contributed by atoms with van der Waals surface area (Å²) < 4.78 is 1.53. The van der Waals surface area contributed by atoms with Crippen molar-refractivity contribution >= 4 is 17.8 Å². The van der Waals surface area contributed by atoms with E-state index in [1.165, 1.54) is 22.2 Å². The van der Waals surface area contributed by atoms with E-state index < -0.39 is 11.6 Å². The molecule has 0 radical (unpaired) electrons. The fourth-order valence-corrected chi connectivity index (χ4v) is 3.96. The van der Waals surface area contributed by atoms with Gasteiger partial charge in [-0.15, -0.1) is 0 Å². The monoisotopic (exact) mass is 397 g/mol. The predicted molar refractivity (Wildman–Crippen MR) is 102 cm³/mol. The molecule has 29 heavy (non-hydrogen) atoms. The van der Waals surface area contributed by atoms with Crippen molar-refractivity contribution in [3.63, 3.8) is 0 Å². The van der Waals surface area contributed by atoms with E-state index in [0.717, 1.165) is 24.8 Å². The number of rotatable bonds is 6. The van der Waals surface area contributed by atoms with Crippen molar-refractivity contribution in [2.24, 2.45) is 0 Å². The van der Waals surface area contributed by atoms with Gasteiger partial charge in [-0.25, -0.2) is 19.4 Å². The molecule has 2 N–H and O–H groups in total. The number of nitrogens with zero attached hydrogens (tertiary/aromatic N) is 5. The molecule has 2 aromatic rings. The molecule has 1 saturated carbocycles. The van der Waals surface area contributed by atoms with E-state index in [9.17, 15) is 14.4 Å². The van der Waals surface area contributed by atoms with Crippen LogP contribution in [0.3, 0.4) is 0 Å². The van der Waals surface area contributed by atoms with Crippen molar-refractivity contribution in [2.75, 3.05) is 6.54 Å². The Kier molecular flexibility index (Phi) is 5.24. The van der Waals surface area contributed by atoms with E-state index in [-0.39, 0.29) is 31.3 Å². The minimum Gasteiger partial charge on any atom is -0.352 e. The Bertz CT molecular complexity index is 906. The zero-order valence-electron chi connectivity index (χ0n) is 16.0. The Morgan fingerprint density at radius 2 is 2.07 bits per heavy atom. The van der Waals surface area contributed by atoms with Crippen LogP contribution < -0.4 is 10.6 Å². The second kappa shape index (κ2) is 7.98. The van der Waals surface area contributed by atoms with Crippen molar-refractivity contribution in [3.05, 3.63) is 36.5 Å². The molecule has 4 rings (SSSR count). The summed E-state index contributed by atoms with van der Waals surface area (Å²) in [6, 6.07) is 3.22. The summed E-state index contributed by atoms with van der Waals surface area (Å²) in [6.45, 7) is 0.327. The van der Waals surface area contributed by atoms with Gasteiger partial charge in [0.1, 0.15) is 18.2 Å². The first kappa shape index (κ1) is 19.0. The Labute approximate surface area is 167 Å². The van der Waals surface area contributed by atoms with Crippen molar-refractivity contribution in [3.8, 4) is 5.82 Å². The second-order valence-electron chi connectivity index (χ2n) is 7.38. The lowest BCUT2D eigenvalue weighted by molar-refractivity contribution is -0.132. The summed E-state index contributed by atoms with van der Waals surface area (Å²) in [4.78, 5) is 46.7. The molecule has 0 aromatic carbocycles. The molecule has 2 aliphatic rings. The van der Waals surface area contributed by atoms with Crippen molar-refractivity contribution in [1.82, 2.24) is 35.3 Å². The minimum absolute atomic E-state index is 0.0498. The van der Waals surface area contributed by atoms with E-state index in [4.69, 9.17) is 0 Å². The number of amides is 4. The highest BCUT2D eigenvalue weighted by Crippen LogP contribution is 2.33. The van der Waals surface area contributed by atoms with E-state index >= 15 is 0 Å². The smallest absolute Gasteiger partial charge is 0.325 e. The summed E-state index contributed by atoms with van der Waals surface area (Å²) >= 11 is 0. The molecule has 2 aromatic heterocycles. The van der Waals surface area contributed by atoms with Gasteiger partial charge in [-0.3, -0.25) is 14.5 Å². The SMILES string of the molecule is O=C(CCN1C(=O)NC2(CCCCC2)C1=O)NCc1cccnc1-n1cncn1. The van der Waals surface area contributed by atoms with Crippen LogP contribution >= 0.6 is 0 Å². The summed E-state index contributed by atoms with van der Waals surface area (Å²) in [5, 5.41) is 9.73. The first-order valence-corrected chi connectivity index (χ1v) is 9.79. The number of imide groups is 1. The Balaban J connectivity index is 1.32. The molecule has 0 bridgehead atoms. The summed E-state index contributed by atoms with van der Waals surface area (Å²) in [5.74, 6) is 0.137. The first-order chi connectivity index (χ1) is 14.1. The van der Waals surface area contributed by atoms with E-state index in [0.29, 0.717) is 18.7 Å². The highest BCUT2D eigenvalue weighted by Gasteiger charge is 2.51. The molecule has 0 atom stereocenters. The Morgan fingerprint density at radius 1 is 1.24 bits per heavy atom. The quantitative estimate of drug-likeness (QED) is 0.699. The number of aromatic nitrogens is 4. The minimum atomic E-state index is -0.756. The normalized spacial score (nSPS) is 18.1. The molecule has 1 spiro atoms. The van der Waals surface area contributed by atoms with Gasteiger partial charge in [0.25, 0.3) is 5.91 Å². The molecular formula is C19H23N7O3. The summed E-state index contributed by atoms with van der Waals surface area (Å²) in [5.41, 5.74) is 0.0244. The first-order valence-electron chi connectivity index (χ1n) is 9.79. The second-order valence-corrected chi connectivity index (χ2v) is 7.38. The number of hydrogen-bond donors (Lipinski definition) is 2. The summed E-state index contributed by atoms with van der Waals surface area (Å²) in [7, 11) is 0. The molecule has 4 amide bonds. The zero-order chi connectivity index (χ0) is 20.3. The van der Waals surface area contributed by atoms with Gasteiger partial charge >= 0.3 is 6.03 Å². The van der Waals surface area contributed by atoms with Gasteiger partial charge in [-0.2, -0.15) is 5.10 Å². The maximum absolute atomic E-state index is 12.7. The van der Waals surface area contributed by atoms with E-state index in [2.05, 4.69) is 25.7 Å². The van der Waals surface area contributed by atoms with E-state index in [1.54, 1.807) is 12.3 Å². The van der Waals surface area contributed by atoms with Crippen molar-refractivity contribution in [1.29, 1.82) is 0 Å². The third-order valence-corrected chi connectivity index (χ3v) is 5.49. The Morgan fingerprint density at radius 3 is 2.83 bits per heavy atom. The van der Waals surface area contributed by atoms with Crippen LogP contribution in [0.4, 0.5) is 4.79 Å². The van der Waals surface area contributed by atoms with Crippen LogP contribution in [0.2, 0.25) is 0 Å². The number of carbonyl (C=O) groups excluding carboxylic acids is 3. The molecule has 3 heterocycles. The third kappa shape index (κ3) is 3.82. The van der Waals surface area contributed by atoms with Gasteiger partial charge in [-0.05, 0) is 18.9 Å². The van der Waals surface area contributed by atoms with E-state index in [1.807, 2.05) is 6.07 Å². The van der Waals surface area contributed by atoms with Gasteiger partial charge < -0.3 is 10.6 Å². The van der Waals surface area contributed by atoms with Crippen LogP contribution in [-0.4, -0.2) is 54.6 Å². The average molecular weight is 397 g/mol. The number of nitrogens with one attached hydrogen (secondary N) is 2. The number of urea groups is 1. The summed E-state index contributed by atoms with van der Waals surface area (Å²) in [6.07, 6.45) is 8.92. The molecular weight excluding hydrogens is 374 g/mol. The largest absolute Gasteiger partial charge is 0.352 e. The highest BCUT2D eigenvalue weighted by molar-refractivity contribution is 6.07. The topological polar surface area (TPSA) is 122 Å². The maximum atomic E-state index is 12.7. The lowest BCUT2D eigenvalue weighted by atomic mass is 9.82. The van der Waals surface area contributed by atoms with Gasteiger partial charge in [-0.1, -0.05) is 25.3 Å². The van der Waals surface area contributed by atoms with Crippen molar-refractivity contribution < 1.29 is 14.4 Å². The van der Waals surface area contributed by atoms with Crippen LogP contribution in [0.1, 0.15) is 44.1 Å². The van der Waals surface area contributed by atoms with Gasteiger partial charge in [0, 0.05) is 31.3 Å². The maximum Gasteiger partial charge on any atom is 0.325 e. The van der Waals surface area contributed by atoms with Crippen molar-refractivity contribution in [2.45, 2.75) is 50.6 Å². The highest BCUT2D eigenvalue weighted by atomic mass is 16.2. The molecule has 10 nitrogen and oxygen atoms in total. The van der Waals surface area contributed by atoms with Gasteiger partial charge in [0.05, 0.1) is 0 Å². The zero-order valence-corrected chi connectivity index (χ0v) is 16.0. The molecule has 152 valence electrons. The molecule has 1 aliphatic carbocycles. The number of carbonyl (C=O) groups is 3. The van der Waals surface area contributed by atoms with Gasteiger partial charge in [0.2, 0.25) is 5.91 Å². The lowest BCUT2D eigenvalue weighted by Gasteiger charge is -2.30. The molecule has 2 fully saturated rings. The molecule has 1 saturated heterocycles. The standard InChI is InChI=1S/C19H23N7O3/c27-15(22-11-14-5-4-9-21-16(14)26-13-20-12-23-26)6-10-25-17(28)19(24-18(25)29)7-2-1-3-8-19/h4-5,9,12-13H,1-3,6-8,10-11H2,(H,22,27)(H,24,29). The van der Waals surface area contributed by atoms with Crippen LogP contribution in [0, 0.1) is 0 Å². The fraction of sp³-hybridized carbons (Fsp3) is 0.474. The molecule has 0 unspecified atom stereocenters. The fourth-order valence-electron chi connectivity index (χ4n) is 3.96. The number of pyridine rings is 1. The Hall–Kier alpha value is -3.30. The predicted octanol–water partition coefficient (Wildman–Crippen LogP) is 0.923. The van der Waals surface area contributed by atoms with Crippen LogP contribution in [-0.2, 0) is 16.1 Å². The molecule has 10 heteroatoms. The number of hydrogen-bond acceptors (Lipinski definition) is 6. The lowest BCUT2D eigenvalue weighted by Crippen LogP contribution is -2.48. The third-order valence-electron chi connectivity index (χ3n) is 5.49.